The summed E-state index contributed by atoms with van der Waals surface area (Å²) in [5, 5.41) is 5.27. The lowest BCUT2D eigenvalue weighted by Gasteiger charge is -2.12. The molecule has 4 nitrogen and oxygen atoms in total. The van der Waals surface area contributed by atoms with Crippen molar-refractivity contribution in [3.8, 4) is 0 Å². The topological polar surface area (TPSA) is 58.2 Å². The van der Waals surface area contributed by atoms with Crippen molar-refractivity contribution in [2.24, 2.45) is 0 Å². The van der Waals surface area contributed by atoms with Crippen molar-refractivity contribution in [1.82, 2.24) is 10.6 Å². The first-order valence-electron chi connectivity index (χ1n) is 6.68. The second kappa shape index (κ2) is 9.78. The fourth-order valence-corrected chi connectivity index (χ4v) is 1.60. The van der Waals surface area contributed by atoms with Crippen molar-refractivity contribution in [2.45, 2.75) is 40.0 Å². The van der Waals surface area contributed by atoms with Crippen LogP contribution >= 0.6 is 0 Å². The van der Waals surface area contributed by atoms with E-state index in [9.17, 15) is 9.59 Å². The quantitative estimate of drug-likeness (QED) is 0.670. The van der Waals surface area contributed by atoms with E-state index in [1.807, 2.05) is 0 Å². The predicted octanol–water partition coefficient (Wildman–Crippen LogP) is 2.96. The maximum absolute atomic E-state index is 11.3. The van der Waals surface area contributed by atoms with Gasteiger partial charge in [-0.2, -0.15) is 0 Å². The van der Waals surface area contributed by atoms with Crippen molar-refractivity contribution in [2.75, 3.05) is 0 Å². The van der Waals surface area contributed by atoms with Gasteiger partial charge in [0.15, 0.2) is 0 Å². The van der Waals surface area contributed by atoms with E-state index in [2.05, 4.69) is 30.7 Å². The molecule has 0 aromatic heterocycles. The summed E-state index contributed by atoms with van der Waals surface area (Å²) in [5.41, 5.74) is 2.29. The molecule has 0 atom stereocenters. The monoisotopic (exact) mass is 276 g/mol. The predicted molar refractivity (Wildman–Crippen MR) is 82.7 cm³/mol. The lowest BCUT2D eigenvalue weighted by molar-refractivity contribution is -0.118. The van der Waals surface area contributed by atoms with Crippen LogP contribution in [-0.4, -0.2) is 11.8 Å². The summed E-state index contributed by atoms with van der Waals surface area (Å²) in [4.78, 5) is 22.1. The number of amides is 2. The van der Waals surface area contributed by atoms with Crippen molar-refractivity contribution >= 4 is 11.8 Å². The molecule has 0 unspecified atom stereocenters. The summed E-state index contributed by atoms with van der Waals surface area (Å²) in [6, 6.07) is 0. The normalized spacial score (nSPS) is 11.8. The van der Waals surface area contributed by atoms with Crippen LogP contribution in [0.2, 0.25) is 0 Å². The second-order valence-electron chi connectivity index (χ2n) is 4.45. The molecule has 4 heteroatoms. The Labute approximate surface area is 121 Å². The lowest BCUT2D eigenvalue weighted by atomic mass is 10.00. The van der Waals surface area contributed by atoms with Gasteiger partial charge in [0.1, 0.15) is 0 Å². The van der Waals surface area contributed by atoms with Crippen LogP contribution in [0.1, 0.15) is 40.0 Å². The largest absolute Gasteiger partial charge is 0.333 e. The van der Waals surface area contributed by atoms with Gasteiger partial charge in [-0.1, -0.05) is 32.6 Å². The van der Waals surface area contributed by atoms with Gasteiger partial charge in [0.05, 0.1) is 0 Å². The molecule has 110 valence electrons. The van der Waals surface area contributed by atoms with Crippen LogP contribution in [0.5, 0.6) is 0 Å². The minimum Gasteiger partial charge on any atom is -0.333 e. The summed E-state index contributed by atoms with van der Waals surface area (Å²) >= 11 is 0. The second-order valence-corrected chi connectivity index (χ2v) is 4.45. The third kappa shape index (κ3) is 7.36. The number of carbonyl (C=O) groups excluding carboxylic acids is 2. The molecule has 0 radical (unpaired) electrons. The molecule has 20 heavy (non-hydrogen) atoms. The Hall–Kier alpha value is -2.10. The zero-order valence-electron chi connectivity index (χ0n) is 12.6. The van der Waals surface area contributed by atoms with Crippen molar-refractivity contribution in [3.63, 3.8) is 0 Å². The minimum atomic E-state index is -0.185. The highest BCUT2D eigenvalue weighted by Gasteiger charge is 2.07. The molecule has 0 bridgehead atoms. The van der Waals surface area contributed by atoms with Gasteiger partial charge < -0.3 is 10.6 Å². The highest BCUT2D eigenvalue weighted by molar-refractivity contribution is 5.77. The molecule has 0 fully saturated rings. The van der Waals surface area contributed by atoms with Gasteiger partial charge in [0.25, 0.3) is 0 Å². The van der Waals surface area contributed by atoms with Gasteiger partial charge >= 0.3 is 0 Å². The molecule has 0 spiro atoms. The fraction of sp³-hybridized carbons (Fsp3) is 0.375. The molecular formula is C16H24N2O2. The number of allylic oxidation sites excluding steroid dienone is 4. The van der Waals surface area contributed by atoms with E-state index >= 15 is 0 Å². The maximum atomic E-state index is 11.3. The number of nitrogens with one attached hydrogen (secondary N) is 2. The van der Waals surface area contributed by atoms with Crippen LogP contribution < -0.4 is 10.6 Å². The Morgan fingerprint density at radius 3 is 2.30 bits per heavy atom. The molecular weight excluding hydrogens is 252 g/mol. The average molecular weight is 276 g/mol. The van der Waals surface area contributed by atoms with Gasteiger partial charge in [0.2, 0.25) is 11.8 Å². The lowest BCUT2D eigenvalue weighted by Crippen LogP contribution is -2.21. The molecule has 0 aromatic carbocycles. The molecule has 2 N–H and O–H groups in total. The number of rotatable bonds is 8. The molecule has 0 aliphatic carbocycles. The summed E-state index contributed by atoms with van der Waals surface area (Å²) < 4.78 is 0. The zero-order chi connectivity index (χ0) is 15.5. The highest BCUT2D eigenvalue weighted by Crippen LogP contribution is 2.19. The third-order valence-corrected chi connectivity index (χ3v) is 2.55. The van der Waals surface area contributed by atoms with Gasteiger partial charge in [-0.15, -0.1) is 0 Å². The van der Waals surface area contributed by atoms with Crippen molar-refractivity contribution in [1.29, 1.82) is 0 Å². The van der Waals surface area contributed by atoms with Crippen LogP contribution in [0.25, 0.3) is 0 Å². The first-order valence-corrected chi connectivity index (χ1v) is 6.68. The molecule has 0 aromatic rings. The van der Waals surface area contributed by atoms with E-state index in [0.717, 1.165) is 30.4 Å². The molecule has 0 saturated heterocycles. The SMILES string of the molecule is C=C/C(C(=C)CCCC)=C(\C=C\NC(C)=O)NC(C)=O. The average Bonchev–Trinajstić information content (AvgIpc) is 2.35. The minimum absolute atomic E-state index is 0.173. The van der Waals surface area contributed by atoms with Gasteiger partial charge in [0, 0.05) is 31.3 Å². The molecule has 0 aliphatic rings. The third-order valence-electron chi connectivity index (χ3n) is 2.55. The first kappa shape index (κ1) is 17.9. The molecule has 0 aliphatic heterocycles. The van der Waals surface area contributed by atoms with E-state index in [4.69, 9.17) is 0 Å². The summed E-state index contributed by atoms with van der Waals surface area (Å²) in [6.45, 7) is 12.8. The zero-order valence-corrected chi connectivity index (χ0v) is 12.6. The summed E-state index contributed by atoms with van der Waals surface area (Å²) in [7, 11) is 0. The van der Waals surface area contributed by atoms with Crippen LogP contribution in [-0.2, 0) is 9.59 Å². The Bertz CT molecular complexity index is 445. The van der Waals surface area contributed by atoms with Gasteiger partial charge in [-0.25, -0.2) is 0 Å². The fourth-order valence-electron chi connectivity index (χ4n) is 1.60. The Balaban J connectivity index is 5.26. The Morgan fingerprint density at radius 1 is 1.20 bits per heavy atom. The van der Waals surface area contributed by atoms with Gasteiger partial charge in [-0.3, -0.25) is 9.59 Å². The molecule has 0 rings (SSSR count). The van der Waals surface area contributed by atoms with Crippen LogP contribution in [0.15, 0.2) is 48.4 Å². The van der Waals surface area contributed by atoms with E-state index in [1.54, 1.807) is 12.2 Å². The highest BCUT2D eigenvalue weighted by atomic mass is 16.2. The molecule has 0 heterocycles. The van der Waals surface area contributed by atoms with Gasteiger partial charge in [-0.05, 0) is 24.5 Å². The smallest absolute Gasteiger partial charge is 0.221 e. The maximum Gasteiger partial charge on any atom is 0.221 e. The van der Waals surface area contributed by atoms with E-state index < -0.39 is 0 Å². The van der Waals surface area contributed by atoms with Crippen LogP contribution in [0, 0.1) is 0 Å². The molecule has 2 amide bonds. The van der Waals surface area contributed by atoms with E-state index in [-0.39, 0.29) is 11.8 Å². The summed E-state index contributed by atoms with van der Waals surface area (Å²) in [5.74, 6) is -0.358. The Kier molecular flexibility index (Phi) is 8.75. The van der Waals surface area contributed by atoms with Crippen molar-refractivity contribution in [3.05, 3.63) is 48.4 Å². The number of unbranched alkanes of at least 4 members (excludes halogenated alkanes) is 1. The number of hydrogen-bond acceptors (Lipinski definition) is 2. The molecule has 0 saturated carbocycles. The number of hydrogen-bond donors (Lipinski definition) is 2. The van der Waals surface area contributed by atoms with Crippen LogP contribution in [0.4, 0.5) is 0 Å². The van der Waals surface area contributed by atoms with E-state index in [1.165, 1.54) is 20.0 Å². The summed E-state index contributed by atoms with van der Waals surface area (Å²) in [6.07, 6.45) is 7.73. The first-order chi connectivity index (χ1) is 9.42. The Morgan fingerprint density at radius 2 is 1.85 bits per heavy atom. The number of carbonyl (C=O) groups is 2. The van der Waals surface area contributed by atoms with Crippen molar-refractivity contribution < 1.29 is 9.59 Å². The van der Waals surface area contributed by atoms with Crippen LogP contribution in [0.3, 0.4) is 0 Å². The van der Waals surface area contributed by atoms with E-state index in [0.29, 0.717) is 5.70 Å². The standard InChI is InChI=1S/C16H24N2O2/c1-6-8-9-12(3)15(7-2)16(18-14(5)20)10-11-17-13(4)19/h7,10-11H,2-3,6,8-9H2,1,4-5H3,(H,17,19)(H,18,20)/b11-10+,16-15-.